The van der Waals surface area contributed by atoms with Gasteiger partial charge in [0.15, 0.2) is 5.91 Å². The molecular weight excluding hydrogens is 204 g/mol. The van der Waals surface area contributed by atoms with Gasteiger partial charge in [-0.3, -0.25) is 4.79 Å². The molecule has 6 heteroatoms. The van der Waals surface area contributed by atoms with Crippen LogP contribution in [0.5, 0.6) is 0 Å². The summed E-state index contributed by atoms with van der Waals surface area (Å²) in [6.45, 7) is 1.83. The first kappa shape index (κ1) is 16.4. The minimum Gasteiger partial charge on any atom is -0.664 e. The largest absolute Gasteiger partial charge is 1.00 e. The summed E-state index contributed by atoms with van der Waals surface area (Å²) < 4.78 is 0. The van der Waals surface area contributed by atoms with E-state index < -0.39 is 0 Å². The summed E-state index contributed by atoms with van der Waals surface area (Å²) in [6, 6.07) is 7.26. The predicted octanol–water partition coefficient (Wildman–Crippen LogP) is -3.06. The molecule has 0 atom stereocenters. The summed E-state index contributed by atoms with van der Waals surface area (Å²) in [4.78, 5) is 11.9. The molecular formula is C11H11Li2N3O. The maximum absolute atomic E-state index is 11.9. The molecule has 1 amide bonds. The van der Waals surface area contributed by atoms with Crippen molar-refractivity contribution >= 4 is 11.6 Å². The quantitative estimate of drug-likeness (QED) is 0.459. The molecule has 0 bridgehead atoms. The molecule has 0 radical (unpaired) electrons. The Balaban J connectivity index is 0.00000128. The van der Waals surface area contributed by atoms with Gasteiger partial charge >= 0.3 is 37.7 Å². The fraction of sp³-hybridized carbons (Fsp3) is 0.182. The Bertz CT molecular complexity index is 434. The van der Waals surface area contributed by atoms with E-state index >= 15 is 0 Å². The number of hydrogen-bond acceptors (Lipinski definition) is 1. The minimum atomic E-state index is -0.129. The van der Waals surface area contributed by atoms with E-state index in [9.17, 15) is 4.79 Å². The molecule has 0 fully saturated rings. The van der Waals surface area contributed by atoms with Crippen molar-refractivity contribution in [1.82, 2.24) is 5.01 Å². The number of rotatable bonds is 1. The Labute approximate surface area is 125 Å². The second-order valence-corrected chi connectivity index (χ2v) is 3.09. The van der Waals surface area contributed by atoms with Crippen LogP contribution in [0.25, 0.3) is 10.7 Å². The number of hydrogen-bond donors (Lipinski definition) is 0. The molecule has 0 N–H and O–H groups in total. The SMILES string of the molecule is C/C=C1\[N-]c2ccccc2C(=O)N1[N-]C.[Li+].[Li+]. The van der Waals surface area contributed by atoms with Crippen molar-refractivity contribution in [3.63, 3.8) is 0 Å². The number of benzene rings is 1. The van der Waals surface area contributed by atoms with Gasteiger partial charge in [0.2, 0.25) is 0 Å². The fourth-order valence-corrected chi connectivity index (χ4v) is 1.52. The van der Waals surface area contributed by atoms with E-state index in [0.717, 1.165) is 0 Å². The van der Waals surface area contributed by atoms with Crippen molar-refractivity contribution in [2.75, 3.05) is 7.05 Å². The molecule has 1 heterocycles. The number of allylic oxidation sites excluding steroid dienone is 1. The topological polar surface area (TPSA) is 48.5 Å². The first-order valence-electron chi connectivity index (χ1n) is 4.69. The van der Waals surface area contributed by atoms with Gasteiger partial charge in [0, 0.05) is 5.56 Å². The van der Waals surface area contributed by atoms with E-state index in [1.165, 1.54) is 5.01 Å². The molecule has 0 unspecified atom stereocenters. The van der Waals surface area contributed by atoms with Crippen molar-refractivity contribution in [1.29, 1.82) is 0 Å². The summed E-state index contributed by atoms with van der Waals surface area (Å²) in [5.41, 5.74) is 5.20. The maximum Gasteiger partial charge on any atom is 1.00 e. The predicted molar refractivity (Wildman–Crippen MR) is 58.7 cm³/mol. The Kier molecular flexibility index (Phi) is 6.71. The van der Waals surface area contributed by atoms with E-state index in [1.807, 2.05) is 25.1 Å². The molecule has 0 saturated heterocycles. The summed E-state index contributed by atoms with van der Waals surface area (Å²) in [5.74, 6) is 0.442. The summed E-state index contributed by atoms with van der Waals surface area (Å²) in [5, 5.41) is 5.65. The molecule has 0 aliphatic carbocycles. The van der Waals surface area contributed by atoms with Gasteiger partial charge < -0.3 is 15.8 Å². The molecule has 17 heavy (non-hydrogen) atoms. The molecule has 1 aliphatic rings. The van der Waals surface area contributed by atoms with Crippen molar-refractivity contribution < 1.29 is 42.5 Å². The maximum atomic E-state index is 11.9. The van der Waals surface area contributed by atoms with E-state index in [-0.39, 0.29) is 43.6 Å². The number of para-hydroxylation sites is 1. The molecule has 4 nitrogen and oxygen atoms in total. The summed E-state index contributed by atoms with van der Waals surface area (Å²) >= 11 is 0. The molecule has 1 aromatic rings. The molecule has 2 rings (SSSR count). The second kappa shape index (κ2) is 6.96. The number of carbonyl (C=O) groups is 1. The zero-order chi connectivity index (χ0) is 10.8. The Morgan fingerprint density at radius 1 is 1.29 bits per heavy atom. The van der Waals surface area contributed by atoms with Crippen LogP contribution in [-0.4, -0.2) is 18.0 Å². The van der Waals surface area contributed by atoms with Gasteiger partial charge in [0.05, 0.1) is 0 Å². The first-order valence-corrected chi connectivity index (χ1v) is 4.69. The number of carbonyl (C=O) groups excluding carboxylic acids is 1. The second-order valence-electron chi connectivity index (χ2n) is 3.09. The molecule has 1 aliphatic heterocycles. The van der Waals surface area contributed by atoms with Gasteiger partial charge in [-0.2, -0.15) is 7.05 Å². The monoisotopic (exact) mass is 215 g/mol. The standard InChI is InChI=1S/C11H12N3O.2Li/c1-3-10-13-9-7-5-4-6-8(9)11(15)14(10)12-2;;/h3-7H,1-2H3,(H,13,15);;/q-1;2*+1/p-1/b10-3+;;. The molecule has 0 saturated carbocycles. The summed E-state index contributed by atoms with van der Waals surface area (Å²) in [7, 11) is 1.57. The zero-order valence-corrected chi connectivity index (χ0v) is 10.6. The van der Waals surface area contributed by atoms with Crippen molar-refractivity contribution in [2.45, 2.75) is 6.92 Å². The van der Waals surface area contributed by atoms with Crippen LogP contribution in [0.4, 0.5) is 5.69 Å². The third-order valence-corrected chi connectivity index (χ3v) is 2.24. The van der Waals surface area contributed by atoms with Crippen molar-refractivity contribution in [3.8, 4) is 0 Å². The van der Waals surface area contributed by atoms with E-state index in [2.05, 4.69) is 10.7 Å². The Morgan fingerprint density at radius 3 is 2.53 bits per heavy atom. The molecule has 0 spiro atoms. The van der Waals surface area contributed by atoms with Gasteiger partial charge in [0.1, 0.15) is 0 Å². The van der Waals surface area contributed by atoms with Crippen LogP contribution in [0, 0.1) is 0 Å². The average molecular weight is 215 g/mol. The van der Waals surface area contributed by atoms with Crippen molar-refractivity contribution in [2.24, 2.45) is 0 Å². The van der Waals surface area contributed by atoms with Gasteiger partial charge in [-0.1, -0.05) is 36.2 Å². The van der Waals surface area contributed by atoms with Crippen LogP contribution >= 0.6 is 0 Å². The van der Waals surface area contributed by atoms with Crippen LogP contribution in [0.2, 0.25) is 0 Å². The third kappa shape index (κ3) is 2.99. The van der Waals surface area contributed by atoms with Crippen LogP contribution in [0.15, 0.2) is 36.2 Å². The Hall–Kier alpha value is -0.615. The fourth-order valence-electron chi connectivity index (χ4n) is 1.52. The minimum absolute atomic E-state index is 0. The molecule has 1 aromatic carbocycles. The first-order chi connectivity index (χ1) is 7.27. The van der Waals surface area contributed by atoms with Crippen molar-refractivity contribution in [3.05, 3.63) is 52.5 Å². The van der Waals surface area contributed by atoms with Crippen LogP contribution < -0.4 is 37.7 Å². The average Bonchev–Trinajstić information content (AvgIpc) is 2.29. The number of amides is 1. The molecule has 0 aromatic heterocycles. The van der Waals surface area contributed by atoms with Gasteiger partial charge in [-0.05, 0) is 12.6 Å². The third-order valence-electron chi connectivity index (χ3n) is 2.24. The van der Waals surface area contributed by atoms with Crippen LogP contribution in [-0.2, 0) is 0 Å². The van der Waals surface area contributed by atoms with Gasteiger partial charge in [-0.25, -0.2) is 0 Å². The van der Waals surface area contributed by atoms with E-state index in [0.29, 0.717) is 17.1 Å². The van der Waals surface area contributed by atoms with Gasteiger partial charge in [-0.15, -0.1) is 0 Å². The Morgan fingerprint density at radius 2 is 1.94 bits per heavy atom. The van der Waals surface area contributed by atoms with E-state index in [1.54, 1.807) is 19.2 Å². The van der Waals surface area contributed by atoms with Crippen LogP contribution in [0.3, 0.4) is 0 Å². The number of fused-ring (bicyclic) bond motifs is 1. The van der Waals surface area contributed by atoms with Gasteiger partial charge in [0.25, 0.3) is 0 Å². The normalized spacial score (nSPS) is 15.5. The number of nitrogens with zero attached hydrogens (tertiary/aromatic N) is 3. The van der Waals surface area contributed by atoms with Crippen LogP contribution in [0.1, 0.15) is 17.3 Å². The zero-order valence-electron chi connectivity index (χ0n) is 10.6. The molecule has 78 valence electrons. The van der Waals surface area contributed by atoms with E-state index in [4.69, 9.17) is 0 Å². The summed E-state index contributed by atoms with van der Waals surface area (Å²) in [6.07, 6.45) is 1.76. The smallest absolute Gasteiger partial charge is 0.664 e.